The first-order valence-corrected chi connectivity index (χ1v) is 9.36. The lowest BCUT2D eigenvalue weighted by molar-refractivity contribution is -0.131. The van der Waals surface area contributed by atoms with Gasteiger partial charge >= 0.3 is 0 Å². The number of hydrogen-bond donors (Lipinski definition) is 0. The molecule has 0 saturated carbocycles. The number of rotatable bonds is 3. The average molecular weight is 343 g/mol. The third-order valence-corrected chi connectivity index (χ3v) is 5.99. The molecule has 1 atom stereocenters. The molecule has 5 heteroatoms. The number of carbonyl (C=O) groups excluding carboxylic acids is 1. The summed E-state index contributed by atoms with van der Waals surface area (Å²) in [6.45, 7) is 2.39. The molecule has 0 aliphatic carbocycles. The van der Waals surface area contributed by atoms with E-state index in [0.29, 0.717) is 5.92 Å². The maximum absolute atomic E-state index is 12.9. The van der Waals surface area contributed by atoms with Gasteiger partial charge in [0, 0.05) is 36.3 Å². The average Bonchev–Trinajstić information content (AvgIpc) is 3.30. The van der Waals surface area contributed by atoms with Crippen molar-refractivity contribution in [2.75, 3.05) is 19.8 Å². The smallest absolute Gasteiger partial charge is 0.247 e. The first kappa shape index (κ1) is 15.7. The number of thiophene rings is 1. The highest BCUT2D eigenvalue weighted by Gasteiger charge is 2.37. The molecule has 1 saturated heterocycles. The van der Waals surface area contributed by atoms with Crippen molar-refractivity contribution in [3.8, 4) is 0 Å². The molecule has 2 aromatic heterocycles. The fourth-order valence-electron chi connectivity index (χ4n) is 3.72. The Morgan fingerprint density at radius 1 is 1.29 bits per heavy atom. The molecule has 1 amide bonds. The molecule has 4 nitrogen and oxygen atoms in total. The van der Waals surface area contributed by atoms with E-state index in [-0.39, 0.29) is 11.9 Å². The van der Waals surface area contributed by atoms with Gasteiger partial charge in [0.25, 0.3) is 0 Å². The van der Waals surface area contributed by atoms with E-state index in [2.05, 4.69) is 16.3 Å². The number of carbonyl (C=O) groups is 1. The molecule has 24 heavy (non-hydrogen) atoms. The summed E-state index contributed by atoms with van der Waals surface area (Å²) in [5.74, 6) is 0.578. The zero-order valence-electron chi connectivity index (χ0n) is 13.5. The number of ether oxygens (including phenoxy) is 1. The van der Waals surface area contributed by atoms with E-state index in [0.717, 1.165) is 44.6 Å². The Morgan fingerprint density at radius 2 is 2.17 bits per heavy atom. The Bertz CT molecular complexity index is 713. The third-order valence-electron chi connectivity index (χ3n) is 4.96. The van der Waals surface area contributed by atoms with Gasteiger partial charge in [0.15, 0.2) is 0 Å². The Kier molecular flexibility index (Phi) is 4.54. The van der Waals surface area contributed by atoms with E-state index in [4.69, 9.17) is 9.15 Å². The van der Waals surface area contributed by atoms with Crippen LogP contribution in [0.3, 0.4) is 0 Å². The lowest BCUT2D eigenvalue weighted by Gasteiger charge is -2.41. The third kappa shape index (κ3) is 3.06. The lowest BCUT2D eigenvalue weighted by atomic mass is 9.85. The summed E-state index contributed by atoms with van der Waals surface area (Å²) in [7, 11) is 0. The van der Waals surface area contributed by atoms with Crippen LogP contribution in [-0.2, 0) is 16.0 Å². The van der Waals surface area contributed by atoms with Gasteiger partial charge in [-0.05, 0) is 54.3 Å². The Balaban J connectivity index is 1.59. The second kappa shape index (κ2) is 6.95. The van der Waals surface area contributed by atoms with Crippen LogP contribution in [0.1, 0.15) is 34.9 Å². The predicted octanol–water partition coefficient (Wildman–Crippen LogP) is 3.91. The molecule has 0 radical (unpaired) electrons. The molecular weight excluding hydrogens is 322 g/mol. The van der Waals surface area contributed by atoms with Gasteiger partial charge < -0.3 is 14.1 Å². The summed E-state index contributed by atoms with van der Waals surface area (Å²) in [5.41, 5.74) is 2.33. The molecule has 2 aliphatic rings. The summed E-state index contributed by atoms with van der Waals surface area (Å²) in [4.78, 5) is 16.3. The van der Waals surface area contributed by atoms with Crippen LogP contribution in [0.5, 0.6) is 0 Å². The van der Waals surface area contributed by atoms with E-state index >= 15 is 0 Å². The van der Waals surface area contributed by atoms with Gasteiger partial charge in [-0.2, -0.15) is 0 Å². The zero-order chi connectivity index (χ0) is 16.4. The molecule has 0 aromatic carbocycles. The number of hydrogen-bond acceptors (Lipinski definition) is 4. The van der Waals surface area contributed by atoms with Crippen LogP contribution in [0.2, 0.25) is 0 Å². The van der Waals surface area contributed by atoms with Crippen LogP contribution in [0.15, 0.2) is 40.5 Å². The SMILES string of the molecule is O=C(C=Cc1ccoc1)N1CCc2ccsc2C1C1CCOCC1. The van der Waals surface area contributed by atoms with E-state index in [1.165, 1.54) is 10.4 Å². The standard InChI is InChI=1S/C19H21NO3S/c21-17(2-1-14-4-9-23-13-14)20-8-3-16-7-12-24-19(16)18(20)15-5-10-22-11-6-15/h1-2,4,7,9,12-13,15,18H,3,5-6,8,10-11H2. The second-order valence-electron chi connectivity index (χ2n) is 6.38. The van der Waals surface area contributed by atoms with E-state index in [9.17, 15) is 4.79 Å². The Hall–Kier alpha value is -1.85. The van der Waals surface area contributed by atoms with Crippen molar-refractivity contribution < 1.29 is 13.9 Å². The topological polar surface area (TPSA) is 42.7 Å². The van der Waals surface area contributed by atoms with Gasteiger partial charge in [0.2, 0.25) is 5.91 Å². The molecular formula is C19H21NO3S. The first-order valence-electron chi connectivity index (χ1n) is 8.48. The van der Waals surface area contributed by atoms with Crippen molar-refractivity contribution >= 4 is 23.3 Å². The highest BCUT2D eigenvalue weighted by Crippen LogP contribution is 2.42. The summed E-state index contributed by atoms with van der Waals surface area (Å²) in [5, 5.41) is 2.16. The number of fused-ring (bicyclic) bond motifs is 1. The van der Waals surface area contributed by atoms with Gasteiger partial charge in [-0.1, -0.05) is 0 Å². The van der Waals surface area contributed by atoms with Crippen molar-refractivity contribution in [3.63, 3.8) is 0 Å². The van der Waals surface area contributed by atoms with Crippen LogP contribution < -0.4 is 0 Å². The second-order valence-corrected chi connectivity index (χ2v) is 7.32. The summed E-state index contributed by atoms with van der Waals surface area (Å²) >= 11 is 1.79. The van der Waals surface area contributed by atoms with Crippen LogP contribution >= 0.6 is 11.3 Å². The molecule has 0 N–H and O–H groups in total. The minimum atomic E-state index is 0.0896. The lowest BCUT2D eigenvalue weighted by Crippen LogP contribution is -2.43. The molecule has 2 aliphatic heterocycles. The van der Waals surface area contributed by atoms with Crippen LogP contribution in [-0.4, -0.2) is 30.6 Å². The predicted molar refractivity (Wildman–Crippen MR) is 93.8 cm³/mol. The molecule has 1 fully saturated rings. The van der Waals surface area contributed by atoms with Crippen molar-refractivity contribution in [2.24, 2.45) is 5.92 Å². The van der Waals surface area contributed by atoms with Crippen molar-refractivity contribution in [1.82, 2.24) is 4.90 Å². The fraction of sp³-hybridized carbons (Fsp3) is 0.421. The number of amides is 1. The molecule has 0 bridgehead atoms. The van der Waals surface area contributed by atoms with Gasteiger partial charge in [0.1, 0.15) is 0 Å². The summed E-state index contributed by atoms with van der Waals surface area (Å²) < 4.78 is 10.6. The number of nitrogens with zero attached hydrogens (tertiary/aromatic N) is 1. The van der Waals surface area contributed by atoms with E-state index in [1.807, 2.05) is 12.1 Å². The van der Waals surface area contributed by atoms with Crippen LogP contribution in [0.25, 0.3) is 6.08 Å². The molecule has 126 valence electrons. The minimum Gasteiger partial charge on any atom is -0.472 e. The number of furan rings is 1. The maximum Gasteiger partial charge on any atom is 0.247 e. The largest absolute Gasteiger partial charge is 0.472 e. The fourth-order valence-corrected chi connectivity index (χ4v) is 4.87. The summed E-state index contributed by atoms with van der Waals surface area (Å²) in [6.07, 6.45) is 9.77. The highest BCUT2D eigenvalue weighted by molar-refractivity contribution is 7.10. The van der Waals surface area contributed by atoms with Gasteiger partial charge in [-0.15, -0.1) is 11.3 Å². The van der Waals surface area contributed by atoms with Crippen molar-refractivity contribution in [1.29, 1.82) is 0 Å². The van der Waals surface area contributed by atoms with Crippen LogP contribution in [0.4, 0.5) is 0 Å². The highest BCUT2D eigenvalue weighted by atomic mass is 32.1. The van der Waals surface area contributed by atoms with Gasteiger partial charge in [0.05, 0.1) is 18.6 Å². The van der Waals surface area contributed by atoms with Crippen LogP contribution in [0, 0.1) is 5.92 Å². The zero-order valence-corrected chi connectivity index (χ0v) is 14.3. The van der Waals surface area contributed by atoms with E-state index in [1.54, 1.807) is 29.9 Å². The van der Waals surface area contributed by atoms with Crippen molar-refractivity contribution in [3.05, 3.63) is 52.1 Å². The monoisotopic (exact) mass is 343 g/mol. The molecule has 4 rings (SSSR count). The van der Waals surface area contributed by atoms with Crippen molar-refractivity contribution in [2.45, 2.75) is 25.3 Å². The quantitative estimate of drug-likeness (QED) is 0.794. The first-order chi connectivity index (χ1) is 11.8. The molecule has 1 unspecified atom stereocenters. The Labute approximate surface area is 145 Å². The van der Waals surface area contributed by atoms with E-state index < -0.39 is 0 Å². The molecule has 4 heterocycles. The minimum absolute atomic E-state index is 0.0896. The van der Waals surface area contributed by atoms with Gasteiger partial charge in [-0.3, -0.25) is 4.79 Å². The normalized spacial score (nSPS) is 22.0. The molecule has 0 spiro atoms. The molecule has 2 aromatic rings. The maximum atomic E-state index is 12.9. The van der Waals surface area contributed by atoms with Gasteiger partial charge in [-0.25, -0.2) is 0 Å². The Morgan fingerprint density at radius 3 is 2.96 bits per heavy atom. The summed E-state index contributed by atoms with van der Waals surface area (Å²) in [6, 6.07) is 4.27.